The third kappa shape index (κ3) is 2.06. The summed E-state index contributed by atoms with van der Waals surface area (Å²) in [5.74, 6) is 0. The maximum absolute atomic E-state index is 3.59. The van der Waals surface area contributed by atoms with Crippen molar-refractivity contribution in [2.45, 2.75) is 0 Å². The molecule has 0 aliphatic carbocycles. The van der Waals surface area contributed by atoms with E-state index < -0.39 is 0 Å². The normalized spacial score (nSPS) is 10.5. The third-order valence-corrected chi connectivity index (χ3v) is 1.22. The summed E-state index contributed by atoms with van der Waals surface area (Å²) >= 11 is 0. The molecule has 0 heteroatoms. The van der Waals surface area contributed by atoms with Crippen molar-refractivity contribution in [1.29, 1.82) is 0 Å². The first-order chi connectivity index (χ1) is 4.93. The lowest BCUT2D eigenvalue weighted by atomic mass is 10.1. The van der Waals surface area contributed by atoms with Gasteiger partial charge < -0.3 is 0 Å². The van der Waals surface area contributed by atoms with Gasteiger partial charge in [-0.2, -0.15) is 0 Å². The molecular weight excluding hydrogens is 120 g/mol. The van der Waals surface area contributed by atoms with Gasteiger partial charge >= 0.3 is 0 Å². The van der Waals surface area contributed by atoms with Gasteiger partial charge in [0.1, 0.15) is 0 Å². The van der Waals surface area contributed by atoms with Crippen LogP contribution in [0.1, 0.15) is 5.56 Å². The molecule has 0 saturated carbocycles. The van der Waals surface area contributed by atoms with E-state index in [9.17, 15) is 0 Å². The maximum Gasteiger partial charge on any atom is 0.0121 e. The fourth-order valence-corrected chi connectivity index (χ4v) is 0.743. The number of benzene rings is 1. The Balaban J connectivity index is 2.59. The summed E-state index contributed by atoms with van der Waals surface area (Å²) in [6, 6.07) is 10.1. The van der Waals surface area contributed by atoms with Crippen LogP contribution < -0.4 is 0 Å². The second-order valence-electron chi connectivity index (χ2n) is 2.01. The molecule has 0 amide bonds. The topological polar surface area (TPSA) is 0 Å². The van der Waals surface area contributed by atoms with Crippen molar-refractivity contribution in [1.82, 2.24) is 0 Å². The molecular formula is C10H10. The number of hydrogen-bond donors (Lipinski definition) is 0. The highest BCUT2D eigenvalue weighted by molar-refractivity contribution is 5.27. The van der Waals surface area contributed by atoms with Crippen molar-refractivity contribution in [3.05, 3.63) is 61.4 Å². The van der Waals surface area contributed by atoms with E-state index in [2.05, 4.69) is 19.1 Å². The Morgan fingerprint density at radius 3 is 2.40 bits per heavy atom. The first kappa shape index (κ1) is 7.07. The average molecular weight is 130 g/mol. The van der Waals surface area contributed by atoms with Crippen LogP contribution in [0.4, 0.5) is 0 Å². The first-order valence-corrected chi connectivity index (χ1v) is 3.27. The molecule has 0 heterocycles. The van der Waals surface area contributed by atoms with Gasteiger partial charge in [0.15, 0.2) is 0 Å². The minimum absolute atomic E-state index is 1.21. The van der Waals surface area contributed by atoms with Crippen LogP contribution in [0.5, 0.6) is 0 Å². The smallest absolute Gasteiger partial charge is 0.0121 e. The van der Waals surface area contributed by atoms with Crippen molar-refractivity contribution in [2.75, 3.05) is 0 Å². The molecule has 0 aliphatic heterocycles. The van der Waals surface area contributed by atoms with Crippen molar-refractivity contribution in [3.63, 3.8) is 0 Å². The summed E-state index contributed by atoms with van der Waals surface area (Å²) in [5.41, 5.74) is 1.21. The van der Waals surface area contributed by atoms with Crippen molar-refractivity contribution < 1.29 is 0 Å². The van der Waals surface area contributed by atoms with E-state index in [1.807, 2.05) is 30.7 Å². The summed E-state index contributed by atoms with van der Waals surface area (Å²) < 4.78 is 0. The molecule has 0 nitrogen and oxygen atoms in total. The molecule has 0 aromatic heterocycles. The van der Waals surface area contributed by atoms with Gasteiger partial charge in [-0.25, -0.2) is 0 Å². The molecule has 50 valence electrons. The summed E-state index contributed by atoms with van der Waals surface area (Å²) in [6.07, 6.45) is 5.72. The maximum atomic E-state index is 3.59. The highest BCUT2D eigenvalue weighted by atomic mass is 13.9. The molecule has 0 bridgehead atoms. The van der Waals surface area contributed by atoms with Crippen LogP contribution in [0.3, 0.4) is 0 Å². The average Bonchev–Trinajstić information content (AvgIpc) is 2.03. The summed E-state index contributed by atoms with van der Waals surface area (Å²) in [6.45, 7) is 3.59. The van der Waals surface area contributed by atoms with Gasteiger partial charge in [0.25, 0.3) is 0 Å². The highest BCUT2D eigenvalue weighted by Gasteiger charge is 1.83. The SMILES string of the molecule is [CH2]C=C[CH]c1ccccc1. The molecule has 0 fully saturated rings. The summed E-state index contributed by atoms with van der Waals surface area (Å²) in [7, 11) is 0. The quantitative estimate of drug-likeness (QED) is 0.577. The van der Waals surface area contributed by atoms with Crippen LogP contribution >= 0.6 is 0 Å². The highest BCUT2D eigenvalue weighted by Crippen LogP contribution is 2.01. The van der Waals surface area contributed by atoms with E-state index in [1.165, 1.54) is 5.56 Å². The van der Waals surface area contributed by atoms with Crippen molar-refractivity contribution in [2.24, 2.45) is 0 Å². The standard InChI is InChI=1S/C10H10/c1-2-3-7-10-8-5-4-6-9-10/h2-9H,1H2. The molecule has 0 saturated heterocycles. The lowest BCUT2D eigenvalue weighted by molar-refractivity contribution is 1.52. The minimum atomic E-state index is 1.21. The van der Waals surface area contributed by atoms with E-state index in [-0.39, 0.29) is 0 Å². The van der Waals surface area contributed by atoms with Gasteiger partial charge in [-0.05, 0) is 12.5 Å². The minimum Gasteiger partial charge on any atom is -0.0876 e. The van der Waals surface area contributed by atoms with Crippen molar-refractivity contribution >= 4 is 0 Å². The van der Waals surface area contributed by atoms with Gasteiger partial charge in [-0.15, -0.1) is 0 Å². The van der Waals surface area contributed by atoms with Crippen LogP contribution in [-0.2, 0) is 0 Å². The monoisotopic (exact) mass is 130 g/mol. The zero-order valence-corrected chi connectivity index (χ0v) is 5.83. The Kier molecular flexibility index (Phi) is 2.75. The zero-order valence-electron chi connectivity index (χ0n) is 5.83. The Bertz CT molecular complexity index is 197. The summed E-state index contributed by atoms with van der Waals surface area (Å²) in [5, 5.41) is 0. The second kappa shape index (κ2) is 3.89. The van der Waals surface area contributed by atoms with Gasteiger partial charge in [0.2, 0.25) is 0 Å². The molecule has 0 unspecified atom stereocenters. The van der Waals surface area contributed by atoms with Crippen molar-refractivity contribution in [3.8, 4) is 0 Å². The predicted octanol–water partition coefficient (Wildman–Crippen LogP) is 2.63. The lowest BCUT2D eigenvalue weighted by Crippen LogP contribution is -1.73. The molecule has 0 spiro atoms. The van der Waals surface area contributed by atoms with Gasteiger partial charge in [0.05, 0.1) is 0 Å². The Morgan fingerprint density at radius 2 is 1.80 bits per heavy atom. The molecule has 1 rings (SSSR count). The number of allylic oxidation sites excluding steroid dienone is 2. The third-order valence-electron chi connectivity index (χ3n) is 1.22. The Hall–Kier alpha value is -1.04. The van der Waals surface area contributed by atoms with Gasteiger partial charge in [-0.3, -0.25) is 0 Å². The van der Waals surface area contributed by atoms with E-state index in [4.69, 9.17) is 0 Å². The number of hydrogen-bond acceptors (Lipinski definition) is 0. The first-order valence-electron chi connectivity index (χ1n) is 3.27. The van der Waals surface area contributed by atoms with E-state index >= 15 is 0 Å². The molecule has 10 heavy (non-hydrogen) atoms. The lowest BCUT2D eigenvalue weighted by Gasteiger charge is -1.91. The molecule has 0 N–H and O–H groups in total. The molecule has 1 aromatic rings. The molecule has 0 aliphatic rings. The van der Waals surface area contributed by atoms with Crippen LogP contribution in [0.2, 0.25) is 0 Å². The molecule has 1 aromatic carbocycles. The summed E-state index contributed by atoms with van der Waals surface area (Å²) in [4.78, 5) is 0. The fraction of sp³-hybridized carbons (Fsp3) is 0. The molecule has 0 atom stereocenters. The van der Waals surface area contributed by atoms with Crippen LogP contribution in [0, 0.1) is 13.3 Å². The number of rotatable bonds is 2. The van der Waals surface area contributed by atoms with Gasteiger partial charge in [0, 0.05) is 6.42 Å². The van der Waals surface area contributed by atoms with E-state index in [0.717, 1.165) is 0 Å². The van der Waals surface area contributed by atoms with Crippen LogP contribution in [-0.4, -0.2) is 0 Å². The zero-order chi connectivity index (χ0) is 7.23. The Morgan fingerprint density at radius 1 is 1.10 bits per heavy atom. The van der Waals surface area contributed by atoms with Crippen LogP contribution in [0.25, 0.3) is 0 Å². The molecule has 2 radical (unpaired) electrons. The second-order valence-corrected chi connectivity index (χ2v) is 2.01. The van der Waals surface area contributed by atoms with E-state index in [0.29, 0.717) is 0 Å². The van der Waals surface area contributed by atoms with Crippen LogP contribution in [0.15, 0.2) is 42.5 Å². The fourth-order valence-electron chi connectivity index (χ4n) is 0.743. The van der Waals surface area contributed by atoms with Gasteiger partial charge in [-0.1, -0.05) is 42.5 Å². The predicted molar refractivity (Wildman–Crippen MR) is 44.3 cm³/mol. The van der Waals surface area contributed by atoms with E-state index in [1.54, 1.807) is 6.08 Å². The Labute approximate surface area is 62.2 Å². The largest absolute Gasteiger partial charge is 0.0876 e.